The zero-order valence-electron chi connectivity index (χ0n) is 11.9. The van der Waals surface area contributed by atoms with Crippen molar-refractivity contribution in [2.75, 3.05) is 0 Å². The summed E-state index contributed by atoms with van der Waals surface area (Å²) in [5.74, 6) is 0.113. The minimum absolute atomic E-state index is 0.0908. The van der Waals surface area contributed by atoms with Gasteiger partial charge in [-0.2, -0.15) is 0 Å². The Balaban J connectivity index is 2.36. The normalized spacial score (nSPS) is 11.6. The summed E-state index contributed by atoms with van der Waals surface area (Å²) in [7, 11) is 0. The Kier molecular flexibility index (Phi) is 3.85. The van der Waals surface area contributed by atoms with Crippen molar-refractivity contribution < 1.29 is 4.79 Å². The second-order valence-corrected chi connectivity index (χ2v) is 6.84. The number of Topliss-reactive ketones (excluding diaryl/α,β-unsaturated/α-hetero) is 1. The zero-order chi connectivity index (χ0) is 14.0. The minimum atomic E-state index is -0.0908. The lowest BCUT2D eigenvalue weighted by molar-refractivity contribution is 0.101. The van der Waals surface area contributed by atoms with Crippen molar-refractivity contribution in [1.82, 2.24) is 4.98 Å². The van der Waals surface area contributed by atoms with Crippen LogP contribution in [-0.2, 0) is 11.8 Å². The summed E-state index contributed by atoms with van der Waals surface area (Å²) in [4.78, 5) is 17.2. The molecular weight excluding hydrogens is 254 g/mol. The van der Waals surface area contributed by atoms with Crippen LogP contribution >= 0.6 is 11.3 Å². The van der Waals surface area contributed by atoms with E-state index in [0.29, 0.717) is 0 Å². The molecule has 1 heterocycles. The van der Waals surface area contributed by atoms with Gasteiger partial charge in [0.1, 0.15) is 0 Å². The van der Waals surface area contributed by atoms with E-state index in [0.717, 1.165) is 22.0 Å². The van der Waals surface area contributed by atoms with Gasteiger partial charge >= 0.3 is 0 Å². The number of ketones is 1. The Hall–Kier alpha value is -1.48. The van der Waals surface area contributed by atoms with Gasteiger partial charge < -0.3 is 0 Å². The monoisotopic (exact) mass is 273 g/mol. The molecule has 100 valence electrons. The van der Waals surface area contributed by atoms with Gasteiger partial charge in [0.15, 0.2) is 5.78 Å². The summed E-state index contributed by atoms with van der Waals surface area (Å²) in [6.45, 7) is 7.91. The first-order chi connectivity index (χ1) is 8.88. The van der Waals surface area contributed by atoms with Crippen LogP contribution in [0.25, 0.3) is 0 Å². The molecule has 0 spiro atoms. The lowest BCUT2D eigenvalue weighted by Gasteiger charge is -2.16. The van der Waals surface area contributed by atoms with E-state index in [-0.39, 0.29) is 11.2 Å². The molecule has 2 nitrogen and oxygen atoms in total. The van der Waals surface area contributed by atoms with Gasteiger partial charge in [0.25, 0.3) is 0 Å². The summed E-state index contributed by atoms with van der Waals surface area (Å²) >= 11 is 1.53. The quantitative estimate of drug-likeness (QED) is 0.783. The molecule has 0 aliphatic carbocycles. The number of rotatable bonds is 3. The molecule has 19 heavy (non-hydrogen) atoms. The van der Waals surface area contributed by atoms with E-state index in [2.05, 4.69) is 32.9 Å². The summed E-state index contributed by atoms with van der Waals surface area (Å²) in [6, 6.07) is 10.2. The Morgan fingerprint density at radius 2 is 1.84 bits per heavy atom. The second-order valence-electron chi connectivity index (χ2n) is 5.75. The van der Waals surface area contributed by atoms with Crippen molar-refractivity contribution in [1.29, 1.82) is 0 Å². The molecule has 1 aromatic carbocycles. The number of nitrogens with zero attached hydrogens (tertiary/aromatic N) is 1. The molecule has 0 aliphatic rings. The highest BCUT2D eigenvalue weighted by Crippen LogP contribution is 2.30. The third-order valence-electron chi connectivity index (χ3n) is 2.90. The standard InChI is InChI=1S/C16H19NOS/c1-11(18)14-15(16(2,3)4)17-13(19-14)10-12-8-6-5-7-9-12/h5-9H,10H2,1-4H3. The summed E-state index contributed by atoms with van der Waals surface area (Å²) in [5.41, 5.74) is 2.06. The number of carbonyl (C=O) groups excluding carboxylic acids is 1. The lowest BCUT2D eigenvalue weighted by Crippen LogP contribution is -2.15. The van der Waals surface area contributed by atoms with Gasteiger partial charge in [0.05, 0.1) is 15.6 Å². The Morgan fingerprint density at radius 1 is 1.21 bits per heavy atom. The number of thiazole rings is 1. The van der Waals surface area contributed by atoms with Crippen molar-refractivity contribution in [3.05, 3.63) is 51.5 Å². The number of aromatic nitrogens is 1. The highest BCUT2D eigenvalue weighted by atomic mass is 32.1. The van der Waals surface area contributed by atoms with Gasteiger partial charge in [-0.25, -0.2) is 4.98 Å². The van der Waals surface area contributed by atoms with Crippen molar-refractivity contribution in [3.63, 3.8) is 0 Å². The van der Waals surface area contributed by atoms with E-state index in [4.69, 9.17) is 4.98 Å². The van der Waals surface area contributed by atoms with Crippen molar-refractivity contribution >= 4 is 17.1 Å². The Morgan fingerprint density at radius 3 is 2.32 bits per heavy atom. The number of benzene rings is 1. The van der Waals surface area contributed by atoms with Crippen molar-refractivity contribution in [2.24, 2.45) is 0 Å². The Bertz CT molecular complexity index is 579. The fourth-order valence-corrected chi connectivity index (χ4v) is 3.16. The van der Waals surface area contributed by atoms with Crippen molar-refractivity contribution in [2.45, 2.75) is 39.5 Å². The maximum atomic E-state index is 11.7. The van der Waals surface area contributed by atoms with Crippen LogP contribution in [0.3, 0.4) is 0 Å². The van der Waals surface area contributed by atoms with Crippen LogP contribution in [0.2, 0.25) is 0 Å². The van der Waals surface area contributed by atoms with Crippen LogP contribution < -0.4 is 0 Å². The van der Waals surface area contributed by atoms with Gasteiger partial charge in [-0.1, -0.05) is 51.1 Å². The predicted molar refractivity (Wildman–Crippen MR) is 80.1 cm³/mol. The number of carbonyl (C=O) groups is 1. The van der Waals surface area contributed by atoms with E-state index >= 15 is 0 Å². The van der Waals surface area contributed by atoms with Gasteiger partial charge in [-0.3, -0.25) is 4.79 Å². The molecule has 2 aromatic rings. The average Bonchev–Trinajstić information content (AvgIpc) is 2.74. The molecule has 0 bridgehead atoms. The molecule has 0 aliphatic heterocycles. The van der Waals surface area contributed by atoms with E-state index in [9.17, 15) is 4.79 Å². The summed E-state index contributed by atoms with van der Waals surface area (Å²) in [5, 5.41) is 1.02. The van der Waals surface area contributed by atoms with E-state index in [1.807, 2.05) is 18.2 Å². The van der Waals surface area contributed by atoms with Crippen LogP contribution in [-0.4, -0.2) is 10.8 Å². The Labute approximate surface area is 118 Å². The molecule has 0 atom stereocenters. The van der Waals surface area contributed by atoms with Gasteiger partial charge in [-0.15, -0.1) is 11.3 Å². The molecule has 0 radical (unpaired) electrons. The molecule has 0 fully saturated rings. The molecule has 3 heteroatoms. The lowest BCUT2D eigenvalue weighted by atomic mass is 9.90. The summed E-state index contributed by atoms with van der Waals surface area (Å²) in [6.07, 6.45) is 0.794. The third-order valence-corrected chi connectivity index (χ3v) is 4.06. The fraction of sp³-hybridized carbons (Fsp3) is 0.375. The maximum absolute atomic E-state index is 11.7. The first-order valence-electron chi connectivity index (χ1n) is 6.43. The molecular formula is C16H19NOS. The highest BCUT2D eigenvalue weighted by molar-refractivity contribution is 7.13. The van der Waals surface area contributed by atoms with Crippen LogP contribution in [0.1, 0.15) is 53.6 Å². The smallest absolute Gasteiger partial charge is 0.171 e. The second kappa shape index (κ2) is 5.25. The van der Waals surface area contributed by atoms with E-state index in [1.165, 1.54) is 16.9 Å². The first kappa shape index (κ1) is 13.9. The topological polar surface area (TPSA) is 30.0 Å². The molecule has 1 aromatic heterocycles. The highest BCUT2D eigenvalue weighted by Gasteiger charge is 2.25. The molecule has 0 amide bonds. The van der Waals surface area contributed by atoms with Gasteiger partial charge in [-0.05, 0) is 5.56 Å². The molecule has 0 saturated carbocycles. The van der Waals surface area contributed by atoms with Crippen LogP contribution in [0.15, 0.2) is 30.3 Å². The van der Waals surface area contributed by atoms with Crippen LogP contribution in [0.5, 0.6) is 0 Å². The van der Waals surface area contributed by atoms with E-state index in [1.54, 1.807) is 6.92 Å². The van der Waals surface area contributed by atoms with E-state index < -0.39 is 0 Å². The maximum Gasteiger partial charge on any atom is 0.171 e. The van der Waals surface area contributed by atoms with Gasteiger partial charge in [0, 0.05) is 18.8 Å². The molecule has 0 saturated heterocycles. The van der Waals surface area contributed by atoms with Crippen LogP contribution in [0.4, 0.5) is 0 Å². The first-order valence-corrected chi connectivity index (χ1v) is 7.24. The molecule has 0 N–H and O–H groups in total. The third kappa shape index (κ3) is 3.29. The summed E-state index contributed by atoms with van der Waals surface area (Å²) < 4.78 is 0. The number of hydrogen-bond acceptors (Lipinski definition) is 3. The van der Waals surface area contributed by atoms with Gasteiger partial charge in [0.2, 0.25) is 0 Å². The minimum Gasteiger partial charge on any atom is -0.294 e. The SMILES string of the molecule is CC(=O)c1sc(Cc2ccccc2)nc1C(C)(C)C. The largest absolute Gasteiger partial charge is 0.294 e. The predicted octanol–water partition coefficient (Wildman–Crippen LogP) is 4.23. The fourth-order valence-electron chi connectivity index (χ4n) is 1.96. The molecule has 0 unspecified atom stereocenters. The number of hydrogen-bond donors (Lipinski definition) is 0. The molecule has 2 rings (SSSR count). The average molecular weight is 273 g/mol. The zero-order valence-corrected chi connectivity index (χ0v) is 12.7. The van der Waals surface area contributed by atoms with Crippen molar-refractivity contribution in [3.8, 4) is 0 Å². The van der Waals surface area contributed by atoms with Crippen LogP contribution in [0, 0.1) is 0 Å².